The van der Waals surface area contributed by atoms with E-state index in [1.54, 1.807) is 13.8 Å². The summed E-state index contributed by atoms with van der Waals surface area (Å²) in [6.45, 7) is 4.76. The number of methoxy groups -OCH3 is 1. The van der Waals surface area contributed by atoms with Crippen LogP contribution in [0.5, 0.6) is 0 Å². The van der Waals surface area contributed by atoms with Crippen molar-refractivity contribution in [2.24, 2.45) is 16.3 Å². The van der Waals surface area contributed by atoms with Gasteiger partial charge in [-0.2, -0.15) is 0 Å². The summed E-state index contributed by atoms with van der Waals surface area (Å²) in [5, 5.41) is 19.3. The first-order valence-electron chi connectivity index (χ1n) is 7.45. The fraction of sp³-hybridized carbons (Fsp3) is 0.625. The first-order chi connectivity index (χ1) is 10.7. The lowest BCUT2D eigenvalue weighted by atomic mass is 9.67. The highest BCUT2D eigenvalue weighted by molar-refractivity contribution is 6.24. The zero-order chi connectivity index (χ0) is 17.8. The number of esters is 1. The van der Waals surface area contributed by atoms with Gasteiger partial charge in [0.25, 0.3) is 0 Å². The van der Waals surface area contributed by atoms with Crippen LogP contribution >= 0.6 is 0 Å². The Morgan fingerprint density at radius 2 is 2.00 bits per heavy atom. The number of ketones is 1. The van der Waals surface area contributed by atoms with Gasteiger partial charge in [-0.1, -0.05) is 27.2 Å². The molecule has 0 radical (unpaired) electrons. The fourth-order valence-corrected chi connectivity index (χ4v) is 2.80. The number of aliphatic imine (C=N–C) groups is 1. The van der Waals surface area contributed by atoms with Gasteiger partial charge in [-0.3, -0.25) is 19.4 Å². The number of carboxylic acid groups (broad SMARTS) is 1. The Hall–Kier alpha value is -2.18. The van der Waals surface area contributed by atoms with Crippen LogP contribution in [0.3, 0.4) is 0 Å². The number of ether oxygens (including phenoxy) is 1. The van der Waals surface area contributed by atoms with E-state index in [1.165, 1.54) is 7.11 Å². The van der Waals surface area contributed by atoms with Crippen molar-refractivity contribution in [2.75, 3.05) is 13.7 Å². The Morgan fingerprint density at radius 3 is 2.48 bits per heavy atom. The molecular formula is C16H23NO6. The van der Waals surface area contributed by atoms with Gasteiger partial charge in [-0.05, 0) is 11.8 Å². The summed E-state index contributed by atoms with van der Waals surface area (Å²) in [7, 11) is 1.22. The molecule has 0 aromatic heterocycles. The van der Waals surface area contributed by atoms with E-state index < -0.39 is 29.8 Å². The van der Waals surface area contributed by atoms with Crippen molar-refractivity contribution >= 4 is 23.4 Å². The van der Waals surface area contributed by atoms with Crippen molar-refractivity contribution in [3.63, 3.8) is 0 Å². The second-order valence-electron chi connectivity index (χ2n) is 6.21. The predicted octanol–water partition coefficient (Wildman–Crippen LogP) is 1.91. The van der Waals surface area contributed by atoms with Crippen LogP contribution in [-0.4, -0.2) is 47.3 Å². The molecule has 0 bridgehead atoms. The Morgan fingerprint density at radius 1 is 1.39 bits per heavy atom. The molecule has 0 fully saturated rings. The van der Waals surface area contributed by atoms with Crippen molar-refractivity contribution in [3.8, 4) is 0 Å². The van der Waals surface area contributed by atoms with Gasteiger partial charge in [0.1, 0.15) is 18.2 Å². The molecule has 1 atom stereocenters. The fourth-order valence-electron chi connectivity index (χ4n) is 2.80. The van der Waals surface area contributed by atoms with Gasteiger partial charge in [0.05, 0.1) is 12.7 Å². The number of carbonyl (C=O) groups is 3. The molecule has 1 aliphatic carbocycles. The molecule has 0 aromatic rings. The number of carbonyl (C=O) groups excluding carboxylic acids is 2. The van der Waals surface area contributed by atoms with Crippen LogP contribution in [0.2, 0.25) is 0 Å². The second kappa shape index (κ2) is 7.39. The maximum atomic E-state index is 12.4. The molecule has 0 aromatic carbocycles. The molecule has 0 saturated heterocycles. The van der Waals surface area contributed by atoms with Crippen LogP contribution in [0.25, 0.3) is 0 Å². The molecular weight excluding hydrogens is 302 g/mol. The minimum absolute atomic E-state index is 0.0391. The third kappa shape index (κ3) is 4.18. The van der Waals surface area contributed by atoms with E-state index in [1.807, 2.05) is 6.92 Å². The number of nitrogens with zero attached hydrogens (tertiary/aromatic N) is 1. The van der Waals surface area contributed by atoms with Gasteiger partial charge in [-0.25, -0.2) is 0 Å². The first-order valence-corrected chi connectivity index (χ1v) is 7.45. The molecule has 1 rings (SSSR count). The van der Waals surface area contributed by atoms with Crippen molar-refractivity contribution in [1.29, 1.82) is 0 Å². The lowest BCUT2D eigenvalue weighted by molar-refractivity contribution is -0.150. The van der Waals surface area contributed by atoms with Crippen LogP contribution in [0, 0.1) is 11.3 Å². The monoisotopic (exact) mass is 325 g/mol. The van der Waals surface area contributed by atoms with E-state index in [2.05, 4.69) is 4.99 Å². The smallest absolute Gasteiger partial charge is 0.325 e. The molecule has 1 aliphatic rings. The SMILES string of the molecule is CCCC(=NCC(=O)O)C1=C(O)C(C(=O)OC)C(C)(C)CC1=O. The molecule has 0 heterocycles. The summed E-state index contributed by atoms with van der Waals surface area (Å²) < 4.78 is 4.74. The number of aliphatic hydroxyl groups is 1. The molecule has 7 heteroatoms. The Balaban J connectivity index is 3.43. The van der Waals surface area contributed by atoms with Crippen LogP contribution < -0.4 is 0 Å². The van der Waals surface area contributed by atoms with Crippen LogP contribution in [0.4, 0.5) is 0 Å². The summed E-state index contributed by atoms with van der Waals surface area (Å²) in [5.74, 6) is -3.47. The highest BCUT2D eigenvalue weighted by atomic mass is 16.5. The summed E-state index contributed by atoms with van der Waals surface area (Å²) in [6, 6.07) is 0. The van der Waals surface area contributed by atoms with Gasteiger partial charge in [-0.15, -0.1) is 0 Å². The summed E-state index contributed by atoms with van der Waals surface area (Å²) in [5.41, 5.74) is -0.605. The van der Waals surface area contributed by atoms with E-state index >= 15 is 0 Å². The third-order valence-corrected chi connectivity index (χ3v) is 3.82. The van der Waals surface area contributed by atoms with Gasteiger partial charge in [0.15, 0.2) is 5.78 Å². The van der Waals surface area contributed by atoms with Gasteiger partial charge in [0, 0.05) is 12.1 Å². The Kier molecular flexibility index (Phi) is 6.06. The van der Waals surface area contributed by atoms with Gasteiger partial charge >= 0.3 is 11.9 Å². The van der Waals surface area contributed by atoms with Crippen LogP contribution in [0.1, 0.15) is 40.0 Å². The average molecular weight is 325 g/mol. The molecule has 128 valence electrons. The first kappa shape index (κ1) is 18.9. The third-order valence-electron chi connectivity index (χ3n) is 3.82. The number of allylic oxidation sites excluding steroid dienone is 1. The van der Waals surface area contributed by atoms with Crippen molar-refractivity contribution in [1.82, 2.24) is 0 Å². The van der Waals surface area contributed by atoms with E-state index in [0.717, 1.165) is 0 Å². The molecule has 1 unspecified atom stereocenters. The number of carboxylic acids is 1. The standard InChI is InChI=1S/C16H23NO6/c1-5-6-9(17-8-11(19)20)12-10(18)7-16(2,3)13(14(12)21)15(22)23-4/h13,21H,5-8H2,1-4H3,(H,19,20). The largest absolute Gasteiger partial charge is 0.511 e. The maximum Gasteiger partial charge on any atom is 0.325 e. The quantitative estimate of drug-likeness (QED) is 0.569. The van der Waals surface area contributed by atoms with Gasteiger partial charge < -0.3 is 14.9 Å². The summed E-state index contributed by atoms with van der Waals surface area (Å²) >= 11 is 0. The average Bonchev–Trinajstić information content (AvgIpc) is 2.42. The number of aliphatic hydroxyl groups excluding tert-OH is 1. The number of hydrogen-bond donors (Lipinski definition) is 2. The number of hydrogen-bond acceptors (Lipinski definition) is 6. The lowest BCUT2D eigenvalue weighted by Crippen LogP contribution is -2.41. The number of rotatable bonds is 6. The zero-order valence-corrected chi connectivity index (χ0v) is 13.9. The van der Waals surface area contributed by atoms with E-state index in [9.17, 15) is 19.5 Å². The normalized spacial score (nSPS) is 21.3. The maximum absolute atomic E-state index is 12.4. The molecule has 7 nitrogen and oxygen atoms in total. The summed E-state index contributed by atoms with van der Waals surface area (Å²) in [6.07, 6.45) is 1.00. The Labute approximate surface area is 135 Å². The minimum Gasteiger partial charge on any atom is -0.511 e. The Bertz CT molecular complexity index is 573. The predicted molar refractivity (Wildman–Crippen MR) is 83.4 cm³/mol. The van der Waals surface area contributed by atoms with E-state index in [4.69, 9.17) is 9.84 Å². The van der Waals surface area contributed by atoms with Crippen molar-refractivity contribution < 1.29 is 29.3 Å². The number of aliphatic carboxylic acids is 1. The molecule has 23 heavy (non-hydrogen) atoms. The zero-order valence-electron chi connectivity index (χ0n) is 13.9. The molecule has 0 saturated carbocycles. The number of Topliss-reactive ketones (excluding diaryl/α,β-unsaturated/α-hetero) is 1. The second-order valence-corrected chi connectivity index (χ2v) is 6.21. The van der Waals surface area contributed by atoms with E-state index in [-0.39, 0.29) is 29.2 Å². The topological polar surface area (TPSA) is 113 Å². The van der Waals surface area contributed by atoms with Crippen LogP contribution in [-0.2, 0) is 19.1 Å². The molecule has 0 spiro atoms. The van der Waals surface area contributed by atoms with Crippen molar-refractivity contribution in [3.05, 3.63) is 11.3 Å². The summed E-state index contributed by atoms with van der Waals surface area (Å²) in [4.78, 5) is 39.1. The van der Waals surface area contributed by atoms with Gasteiger partial charge in [0.2, 0.25) is 0 Å². The van der Waals surface area contributed by atoms with Crippen LogP contribution in [0.15, 0.2) is 16.3 Å². The van der Waals surface area contributed by atoms with Crippen molar-refractivity contribution in [2.45, 2.75) is 40.0 Å². The molecule has 2 N–H and O–H groups in total. The highest BCUT2D eigenvalue weighted by Gasteiger charge is 2.47. The minimum atomic E-state index is -1.13. The molecule has 0 aliphatic heterocycles. The van der Waals surface area contributed by atoms with E-state index in [0.29, 0.717) is 12.8 Å². The highest BCUT2D eigenvalue weighted by Crippen LogP contribution is 2.42. The lowest BCUT2D eigenvalue weighted by Gasteiger charge is -2.36. The molecule has 0 amide bonds.